The Balaban J connectivity index is 2.80. The zero-order valence-corrected chi connectivity index (χ0v) is 8.64. The van der Waals surface area contributed by atoms with Gasteiger partial charge >= 0.3 is 0 Å². The fourth-order valence-corrected chi connectivity index (χ4v) is 1.41. The van der Waals surface area contributed by atoms with Crippen molar-refractivity contribution in [2.75, 3.05) is 0 Å². The van der Waals surface area contributed by atoms with Crippen molar-refractivity contribution in [3.05, 3.63) is 34.3 Å². The van der Waals surface area contributed by atoms with Crippen molar-refractivity contribution in [3.8, 4) is 0 Å². The Bertz CT molecular complexity index is 229. The van der Waals surface area contributed by atoms with Crippen LogP contribution in [0.1, 0.15) is 24.9 Å². The van der Waals surface area contributed by atoms with Crippen molar-refractivity contribution >= 4 is 15.9 Å². The molecule has 0 amide bonds. The Labute approximate surface area is 81.3 Å². The topological polar surface area (TPSA) is 38.0 Å². The van der Waals surface area contributed by atoms with Gasteiger partial charge < -0.3 is 0 Å². The van der Waals surface area contributed by atoms with Crippen LogP contribution < -0.4 is 11.3 Å². The molecule has 0 saturated carbocycles. The summed E-state index contributed by atoms with van der Waals surface area (Å²) in [5, 5.41) is 0. The molecular formula is C9H13BrN2. The molecule has 12 heavy (non-hydrogen) atoms. The number of nitrogens with two attached hydrogens (primary N) is 1. The highest BCUT2D eigenvalue weighted by molar-refractivity contribution is 9.10. The van der Waals surface area contributed by atoms with Crippen LogP contribution in [-0.4, -0.2) is 0 Å². The number of benzene rings is 1. The molecule has 0 aromatic heterocycles. The van der Waals surface area contributed by atoms with Gasteiger partial charge in [0, 0.05) is 10.5 Å². The number of hydrogen-bond donors (Lipinski definition) is 2. The first-order valence-electron chi connectivity index (χ1n) is 3.99. The smallest absolute Gasteiger partial charge is 0.0457 e. The lowest BCUT2D eigenvalue weighted by Crippen LogP contribution is -2.27. The summed E-state index contributed by atoms with van der Waals surface area (Å²) in [5.74, 6) is 5.39. The second-order valence-electron chi connectivity index (χ2n) is 2.68. The summed E-state index contributed by atoms with van der Waals surface area (Å²) in [7, 11) is 0. The maximum Gasteiger partial charge on any atom is 0.0457 e. The molecule has 1 rings (SSSR count). The molecule has 2 nitrogen and oxygen atoms in total. The van der Waals surface area contributed by atoms with Crippen LogP contribution in [0, 0.1) is 0 Å². The van der Waals surface area contributed by atoms with Crippen molar-refractivity contribution in [1.29, 1.82) is 0 Å². The third kappa shape index (κ3) is 2.30. The minimum Gasteiger partial charge on any atom is -0.271 e. The van der Waals surface area contributed by atoms with Crippen LogP contribution in [0.15, 0.2) is 28.7 Å². The first kappa shape index (κ1) is 9.71. The summed E-state index contributed by atoms with van der Waals surface area (Å²) in [6.45, 7) is 2.10. The van der Waals surface area contributed by atoms with Gasteiger partial charge in [-0.15, -0.1) is 0 Å². The molecule has 0 unspecified atom stereocenters. The van der Waals surface area contributed by atoms with E-state index < -0.39 is 0 Å². The minimum atomic E-state index is 0.262. The predicted molar refractivity (Wildman–Crippen MR) is 54.5 cm³/mol. The summed E-state index contributed by atoms with van der Waals surface area (Å²) in [4.78, 5) is 0. The molecule has 3 N–H and O–H groups in total. The van der Waals surface area contributed by atoms with Crippen molar-refractivity contribution in [2.24, 2.45) is 5.84 Å². The van der Waals surface area contributed by atoms with Crippen LogP contribution in [0.4, 0.5) is 0 Å². The highest BCUT2D eigenvalue weighted by atomic mass is 79.9. The fraction of sp³-hybridized carbons (Fsp3) is 0.333. The molecule has 0 aliphatic carbocycles. The summed E-state index contributed by atoms with van der Waals surface area (Å²) in [6.07, 6.45) is 0.998. The monoisotopic (exact) mass is 228 g/mol. The average Bonchev–Trinajstić information content (AvgIpc) is 2.10. The first-order chi connectivity index (χ1) is 5.77. The van der Waals surface area contributed by atoms with Gasteiger partial charge in [-0.3, -0.25) is 11.3 Å². The van der Waals surface area contributed by atoms with E-state index in [2.05, 4.69) is 40.4 Å². The van der Waals surface area contributed by atoms with Crippen molar-refractivity contribution < 1.29 is 0 Å². The van der Waals surface area contributed by atoms with E-state index in [1.165, 1.54) is 5.56 Å². The van der Waals surface area contributed by atoms with Gasteiger partial charge in [0.1, 0.15) is 0 Å². The van der Waals surface area contributed by atoms with E-state index in [4.69, 9.17) is 5.84 Å². The molecule has 0 saturated heterocycles. The molecule has 1 aromatic rings. The van der Waals surface area contributed by atoms with Gasteiger partial charge in [0.05, 0.1) is 0 Å². The van der Waals surface area contributed by atoms with Crippen LogP contribution in [-0.2, 0) is 0 Å². The second-order valence-corrected chi connectivity index (χ2v) is 3.59. The van der Waals surface area contributed by atoms with Crippen LogP contribution in [0.3, 0.4) is 0 Å². The maximum atomic E-state index is 5.39. The third-order valence-corrected chi connectivity index (χ3v) is 2.41. The minimum absolute atomic E-state index is 0.262. The van der Waals surface area contributed by atoms with E-state index in [1.54, 1.807) is 0 Å². The van der Waals surface area contributed by atoms with Crippen LogP contribution >= 0.6 is 15.9 Å². The normalized spacial score (nSPS) is 12.9. The molecule has 0 bridgehead atoms. The second kappa shape index (κ2) is 4.60. The van der Waals surface area contributed by atoms with Crippen molar-refractivity contribution in [2.45, 2.75) is 19.4 Å². The SMILES string of the molecule is CC[C@H](NN)c1ccc(Br)cc1. The molecule has 66 valence electrons. The van der Waals surface area contributed by atoms with E-state index in [9.17, 15) is 0 Å². The Morgan fingerprint density at radius 3 is 2.42 bits per heavy atom. The number of rotatable bonds is 3. The Morgan fingerprint density at radius 1 is 1.42 bits per heavy atom. The first-order valence-corrected chi connectivity index (χ1v) is 4.78. The standard InChI is InChI=1S/C9H13BrN2/c1-2-9(12-11)7-3-5-8(10)6-4-7/h3-6,9,12H,2,11H2,1H3/t9-/m0/s1. The summed E-state index contributed by atoms with van der Waals surface area (Å²) >= 11 is 3.39. The van der Waals surface area contributed by atoms with Crippen LogP contribution in [0.2, 0.25) is 0 Å². The van der Waals surface area contributed by atoms with Crippen LogP contribution in [0.5, 0.6) is 0 Å². The zero-order valence-electron chi connectivity index (χ0n) is 7.05. The van der Waals surface area contributed by atoms with Crippen molar-refractivity contribution in [3.63, 3.8) is 0 Å². The van der Waals surface area contributed by atoms with Gasteiger partial charge in [-0.1, -0.05) is 35.0 Å². The van der Waals surface area contributed by atoms with Gasteiger partial charge in [-0.2, -0.15) is 0 Å². The van der Waals surface area contributed by atoms with Gasteiger partial charge in [-0.25, -0.2) is 0 Å². The Hall–Kier alpha value is -0.380. The van der Waals surface area contributed by atoms with E-state index in [0.29, 0.717) is 0 Å². The molecular weight excluding hydrogens is 216 g/mol. The molecule has 1 aromatic carbocycles. The quantitative estimate of drug-likeness (QED) is 0.616. The van der Waals surface area contributed by atoms with Gasteiger partial charge in [-0.05, 0) is 24.1 Å². The molecule has 0 aliphatic rings. The Kier molecular flexibility index (Phi) is 3.72. The highest BCUT2D eigenvalue weighted by Crippen LogP contribution is 2.18. The maximum absolute atomic E-state index is 5.39. The predicted octanol–water partition coefficient (Wildman–Crippen LogP) is 2.36. The average molecular weight is 229 g/mol. The molecule has 0 fully saturated rings. The van der Waals surface area contributed by atoms with Gasteiger partial charge in [0.2, 0.25) is 0 Å². The van der Waals surface area contributed by atoms with Crippen molar-refractivity contribution in [1.82, 2.24) is 5.43 Å². The van der Waals surface area contributed by atoms with Gasteiger partial charge in [0.15, 0.2) is 0 Å². The molecule has 0 radical (unpaired) electrons. The highest BCUT2D eigenvalue weighted by Gasteiger charge is 2.04. The molecule has 0 spiro atoms. The van der Waals surface area contributed by atoms with Gasteiger partial charge in [0.25, 0.3) is 0 Å². The third-order valence-electron chi connectivity index (χ3n) is 1.88. The molecule has 0 aliphatic heterocycles. The van der Waals surface area contributed by atoms with E-state index >= 15 is 0 Å². The van der Waals surface area contributed by atoms with Crippen LogP contribution in [0.25, 0.3) is 0 Å². The molecule has 1 atom stereocenters. The van der Waals surface area contributed by atoms with E-state index in [-0.39, 0.29) is 6.04 Å². The lowest BCUT2D eigenvalue weighted by molar-refractivity contribution is 0.539. The zero-order chi connectivity index (χ0) is 8.97. The largest absolute Gasteiger partial charge is 0.271 e. The number of nitrogens with one attached hydrogen (secondary N) is 1. The molecule has 0 heterocycles. The number of hydrogen-bond acceptors (Lipinski definition) is 2. The molecule has 3 heteroatoms. The summed E-state index contributed by atoms with van der Waals surface area (Å²) in [5.41, 5.74) is 4.00. The lowest BCUT2D eigenvalue weighted by Gasteiger charge is -2.13. The fourth-order valence-electron chi connectivity index (χ4n) is 1.14. The Morgan fingerprint density at radius 2 is 2.00 bits per heavy atom. The lowest BCUT2D eigenvalue weighted by atomic mass is 10.1. The summed E-state index contributed by atoms with van der Waals surface area (Å²) < 4.78 is 1.10. The number of halogens is 1. The number of hydrazine groups is 1. The van der Waals surface area contributed by atoms with E-state index in [0.717, 1.165) is 10.9 Å². The van der Waals surface area contributed by atoms with E-state index in [1.807, 2.05) is 12.1 Å². The summed E-state index contributed by atoms with van der Waals surface area (Å²) in [6, 6.07) is 8.44.